The second-order valence-electron chi connectivity index (χ2n) is 6.93. The predicted molar refractivity (Wildman–Crippen MR) is 135 cm³/mol. The number of halogens is 2. The van der Waals surface area contributed by atoms with Crippen LogP contribution in [0.15, 0.2) is 34.5 Å². The molecule has 11 heteroatoms. The van der Waals surface area contributed by atoms with Gasteiger partial charge in [-0.1, -0.05) is 23.2 Å². The fourth-order valence-electron chi connectivity index (χ4n) is 2.98. The van der Waals surface area contributed by atoms with Crippen LogP contribution >= 0.6 is 23.2 Å². The van der Waals surface area contributed by atoms with Crippen LogP contribution in [0.3, 0.4) is 0 Å². The van der Waals surface area contributed by atoms with E-state index in [2.05, 4.69) is 15.5 Å². The van der Waals surface area contributed by atoms with Crippen LogP contribution in [-0.2, 0) is 9.59 Å². The molecule has 1 atom stereocenters. The molecule has 0 aliphatic carbocycles. The summed E-state index contributed by atoms with van der Waals surface area (Å²) in [6, 6.07) is 4.99. The Morgan fingerprint density at radius 2 is 1.37 bits per heavy atom. The molecule has 190 valence electrons. The first-order valence-corrected chi connectivity index (χ1v) is 11.9. The average molecular weight is 526 g/mol. The number of carbonyl (C=O) groups excluding carboxylic acids is 2. The van der Waals surface area contributed by atoms with E-state index in [1.807, 2.05) is 13.8 Å². The summed E-state index contributed by atoms with van der Waals surface area (Å²) in [7, 11) is 0. The van der Waals surface area contributed by atoms with Crippen LogP contribution in [0, 0.1) is 0 Å². The van der Waals surface area contributed by atoms with Gasteiger partial charge in [0.1, 0.15) is 27.2 Å². The number of rotatable bonds is 13. The summed E-state index contributed by atoms with van der Waals surface area (Å²) in [5.41, 5.74) is 0.382. The fraction of sp³-hybridized carbons (Fsp3) is 0.417. The molecule has 0 aromatic heterocycles. The lowest BCUT2D eigenvalue weighted by Crippen LogP contribution is -2.32. The molecule has 0 saturated carbocycles. The summed E-state index contributed by atoms with van der Waals surface area (Å²) < 4.78 is 22.2. The summed E-state index contributed by atoms with van der Waals surface area (Å²) in [6.07, 6.45) is 0. The van der Waals surface area contributed by atoms with E-state index in [9.17, 15) is 9.59 Å². The van der Waals surface area contributed by atoms with E-state index < -0.39 is 17.7 Å². The summed E-state index contributed by atoms with van der Waals surface area (Å²) in [4.78, 5) is 25.2. The molecule has 1 N–H and O–H groups in total. The summed E-state index contributed by atoms with van der Waals surface area (Å²) >= 11 is 12.9. The topological polar surface area (TPSA) is 108 Å². The molecule has 35 heavy (non-hydrogen) atoms. The van der Waals surface area contributed by atoms with Crippen LogP contribution in [0.2, 0.25) is 10.0 Å². The predicted octanol–water partition coefficient (Wildman–Crippen LogP) is 6.27. The second kappa shape index (κ2) is 13.7. The Bertz CT molecular complexity index is 1080. The number of hydrogen-bond acceptors (Lipinski definition) is 8. The molecule has 0 heterocycles. The zero-order valence-electron chi connectivity index (χ0n) is 20.3. The maximum atomic E-state index is 13.0. The molecule has 2 rings (SSSR count). The van der Waals surface area contributed by atoms with Crippen molar-refractivity contribution in [2.75, 3.05) is 31.7 Å². The maximum Gasteiger partial charge on any atom is 0.258 e. The summed E-state index contributed by atoms with van der Waals surface area (Å²) in [6.45, 7) is 9.95. The molecule has 0 radical (unpaired) electrons. The van der Waals surface area contributed by atoms with E-state index in [1.165, 1.54) is 6.92 Å². The number of nitrogens with one attached hydrogen (secondary N) is 1. The van der Waals surface area contributed by atoms with Crippen molar-refractivity contribution in [3.63, 3.8) is 0 Å². The first kappa shape index (κ1) is 28.2. The monoisotopic (exact) mass is 525 g/mol. The van der Waals surface area contributed by atoms with Crippen LogP contribution in [0.5, 0.6) is 23.0 Å². The third kappa shape index (κ3) is 7.22. The Morgan fingerprint density at radius 1 is 0.829 bits per heavy atom. The van der Waals surface area contributed by atoms with Gasteiger partial charge < -0.3 is 24.3 Å². The first-order valence-electron chi connectivity index (χ1n) is 11.2. The van der Waals surface area contributed by atoms with Gasteiger partial charge in [-0.3, -0.25) is 9.59 Å². The minimum atomic E-state index is -1.46. The highest BCUT2D eigenvalue weighted by Crippen LogP contribution is 2.43. The first-order chi connectivity index (χ1) is 16.8. The highest BCUT2D eigenvalue weighted by Gasteiger charge is 2.26. The van der Waals surface area contributed by atoms with Gasteiger partial charge >= 0.3 is 0 Å². The van der Waals surface area contributed by atoms with E-state index in [0.29, 0.717) is 43.7 Å². The largest absolute Gasteiger partial charge is 0.492 e. The standard InChI is InChI=1S/C24H29Cl2N3O6/c1-6-32-16-12-13-17(33-7-2)22(20(16)26)29-28-21(14(5)30)24(31)27-15-10-11-18(34-8-3)23(19(15)25)35-9-4/h10-13,21H,6-9H2,1-5H3,(H,27,31). The molecule has 2 aromatic rings. The zero-order chi connectivity index (χ0) is 26.0. The summed E-state index contributed by atoms with van der Waals surface area (Å²) in [5.74, 6) is 0.171. The van der Waals surface area contributed by atoms with Crippen molar-refractivity contribution in [2.45, 2.75) is 40.7 Å². The van der Waals surface area contributed by atoms with Crippen molar-refractivity contribution in [2.24, 2.45) is 10.2 Å². The SMILES string of the molecule is CCOc1ccc(OCC)c(N=NC(C(C)=O)C(=O)Nc2ccc(OCC)c(OCC)c2Cl)c1Cl. The van der Waals surface area contributed by atoms with Gasteiger partial charge in [-0.25, -0.2) is 0 Å². The maximum absolute atomic E-state index is 13.0. The van der Waals surface area contributed by atoms with Crippen molar-refractivity contribution in [1.29, 1.82) is 0 Å². The van der Waals surface area contributed by atoms with Gasteiger partial charge in [0.2, 0.25) is 6.04 Å². The van der Waals surface area contributed by atoms with Crippen molar-refractivity contribution in [1.82, 2.24) is 0 Å². The van der Waals surface area contributed by atoms with E-state index >= 15 is 0 Å². The molecule has 1 amide bonds. The van der Waals surface area contributed by atoms with Crippen molar-refractivity contribution < 1.29 is 28.5 Å². The highest BCUT2D eigenvalue weighted by molar-refractivity contribution is 6.36. The number of ketones is 1. The number of carbonyl (C=O) groups is 2. The van der Waals surface area contributed by atoms with Gasteiger partial charge in [0.25, 0.3) is 5.91 Å². The van der Waals surface area contributed by atoms with Crippen LogP contribution < -0.4 is 24.3 Å². The lowest BCUT2D eigenvalue weighted by atomic mass is 10.2. The van der Waals surface area contributed by atoms with Crippen molar-refractivity contribution in [3.05, 3.63) is 34.3 Å². The quantitative estimate of drug-likeness (QED) is 0.244. The molecule has 0 bridgehead atoms. The highest BCUT2D eigenvalue weighted by atomic mass is 35.5. The fourth-order valence-corrected chi connectivity index (χ4v) is 3.48. The van der Waals surface area contributed by atoms with E-state index in [0.717, 1.165) is 0 Å². The summed E-state index contributed by atoms with van der Waals surface area (Å²) in [5, 5.41) is 11.0. The molecule has 9 nitrogen and oxygen atoms in total. The van der Waals surface area contributed by atoms with Crippen molar-refractivity contribution >= 4 is 46.3 Å². The third-order valence-corrected chi connectivity index (χ3v) is 5.20. The number of azo groups is 1. The van der Waals surface area contributed by atoms with E-state index in [1.54, 1.807) is 38.1 Å². The molecule has 0 aliphatic rings. The molecule has 2 aromatic carbocycles. The Hall–Kier alpha value is -3.04. The number of Topliss-reactive ketones (excluding diaryl/α,β-unsaturated/α-hetero) is 1. The van der Waals surface area contributed by atoms with Crippen LogP contribution in [0.25, 0.3) is 0 Å². The van der Waals surface area contributed by atoms with Gasteiger partial charge in [-0.2, -0.15) is 5.11 Å². The third-order valence-electron chi connectivity index (χ3n) is 4.46. The number of nitrogens with zero attached hydrogens (tertiary/aromatic N) is 2. The smallest absolute Gasteiger partial charge is 0.258 e. The van der Waals surface area contributed by atoms with Gasteiger partial charge in [0, 0.05) is 0 Å². The van der Waals surface area contributed by atoms with Crippen LogP contribution in [0.1, 0.15) is 34.6 Å². The Kier molecular flexibility index (Phi) is 11.1. The van der Waals surface area contributed by atoms with E-state index in [4.69, 9.17) is 42.1 Å². The Balaban J connectivity index is 2.38. The van der Waals surface area contributed by atoms with E-state index in [-0.39, 0.29) is 27.2 Å². The molecule has 0 aliphatic heterocycles. The van der Waals surface area contributed by atoms with Crippen LogP contribution in [-0.4, -0.2) is 44.2 Å². The number of ether oxygens (including phenoxy) is 4. The number of anilines is 1. The Morgan fingerprint density at radius 3 is 1.97 bits per heavy atom. The molecule has 0 saturated heterocycles. The number of hydrogen-bond donors (Lipinski definition) is 1. The molecular weight excluding hydrogens is 497 g/mol. The minimum absolute atomic E-state index is 0.136. The molecule has 0 fully saturated rings. The normalized spacial score (nSPS) is 11.7. The number of benzene rings is 2. The molecule has 1 unspecified atom stereocenters. The average Bonchev–Trinajstić information content (AvgIpc) is 2.81. The van der Waals surface area contributed by atoms with Crippen molar-refractivity contribution in [3.8, 4) is 23.0 Å². The Labute approximate surface area is 214 Å². The minimum Gasteiger partial charge on any atom is -0.492 e. The lowest BCUT2D eigenvalue weighted by molar-refractivity contribution is -0.126. The lowest BCUT2D eigenvalue weighted by Gasteiger charge is -2.16. The number of amides is 1. The second-order valence-corrected chi connectivity index (χ2v) is 7.68. The van der Waals surface area contributed by atoms with Gasteiger partial charge in [0.15, 0.2) is 17.3 Å². The van der Waals surface area contributed by atoms with Gasteiger partial charge in [0.05, 0.1) is 32.1 Å². The van der Waals surface area contributed by atoms with Gasteiger partial charge in [-0.05, 0) is 58.9 Å². The molecule has 0 spiro atoms. The van der Waals surface area contributed by atoms with Gasteiger partial charge in [-0.15, -0.1) is 5.11 Å². The van der Waals surface area contributed by atoms with Crippen LogP contribution in [0.4, 0.5) is 11.4 Å². The molecular formula is C24H29Cl2N3O6. The zero-order valence-corrected chi connectivity index (χ0v) is 21.8.